The van der Waals surface area contributed by atoms with E-state index in [1.54, 1.807) is 0 Å². The maximum atomic E-state index is 8.62. The second-order valence-corrected chi connectivity index (χ2v) is 2.19. The van der Waals surface area contributed by atoms with Crippen LogP contribution in [0.5, 0.6) is 0 Å². The summed E-state index contributed by atoms with van der Waals surface area (Å²) in [4.78, 5) is 8.25. The fourth-order valence-corrected chi connectivity index (χ4v) is 0. The van der Waals surface area contributed by atoms with Crippen LogP contribution in [0.3, 0.4) is 0 Å². The molecule has 48 valence electrons. The van der Waals surface area contributed by atoms with Gasteiger partial charge in [0.05, 0.1) is 5.09 Å². The molecule has 0 aromatic heterocycles. The first-order valence-corrected chi connectivity index (χ1v) is 5.35. The zero-order valence-electron chi connectivity index (χ0n) is 5.34. The minimum atomic E-state index is -4.34. The van der Waals surface area contributed by atoms with Gasteiger partial charge in [-0.1, -0.05) is 0 Å². The van der Waals surface area contributed by atoms with Crippen molar-refractivity contribution in [1.29, 1.82) is 0 Å². The predicted molar refractivity (Wildman–Crippen MR) is 17.5 cm³/mol. The summed E-state index contributed by atoms with van der Waals surface area (Å²) in [6, 6.07) is 0. The fourth-order valence-electron chi connectivity index (χ4n) is 0. The van der Waals surface area contributed by atoms with Gasteiger partial charge in [-0.05, 0) is 0 Å². The summed E-state index contributed by atoms with van der Waals surface area (Å²) in [7, 11) is 0. The molecule has 0 spiro atoms. The molecule has 10 heteroatoms. The average molecular weight is 365 g/mol. The summed E-state index contributed by atoms with van der Waals surface area (Å²) >= 11 is -4.34. The van der Waals surface area contributed by atoms with Crippen LogP contribution in [0.25, 0.3) is 0 Å². The van der Waals surface area contributed by atoms with Gasteiger partial charge in [-0.25, -0.2) is 0 Å². The van der Waals surface area contributed by atoms with Crippen molar-refractivity contribution in [2.75, 3.05) is 0 Å². The summed E-state index contributed by atoms with van der Waals surface area (Å²) in [5, 5.41) is 14.8. The van der Waals surface area contributed by atoms with Gasteiger partial charge < -0.3 is 15.3 Å². The van der Waals surface area contributed by atoms with Gasteiger partial charge in [0.2, 0.25) is 0 Å². The zero-order chi connectivity index (χ0) is 7.15. The predicted octanol–water partition coefficient (Wildman–Crippen LogP) is -8.04. The molecule has 0 bridgehead atoms. The first-order valence-electron chi connectivity index (χ1n) is 1.10. The first kappa shape index (κ1) is 22.6. The monoisotopic (exact) mass is 365 g/mol. The van der Waals surface area contributed by atoms with Crippen LogP contribution in [-0.4, -0.2) is 27.3 Å². The van der Waals surface area contributed by atoms with Gasteiger partial charge in [0.25, 0.3) is 0 Å². The van der Waals surface area contributed by atoms with Crippen LogP contribution in [0.15, 0.2) is 0 Å². The van der Waals surface area contributed by atoms with Gasteiger partial charge in [-0.15, -0.1) is 0 Å². The number of rotatable bonds is 0. The maximum absolute atomic E-state index is 8.62. The second kappa shape index (κ2) is 16.9. The Morgan fingerprint density at radius 1 is 1.10 bits per heavy atom. The molecule has 0 aliphatic carbocycles. The summed E-state index contributed by atoms with van der Waals surface area (Å²) in [6.45, 7) is 0. The molecule has 0 rings (SSSR count). The molecule has 0 heterocycles. The van der Waals surface area contributed by atoms with Crippen LogP contribution in [0, 0.1) is 15.3 Å². The molecule has 10 heavy (non-hydrogen) atoms. The van der Waals surface area contributed by atoms with E-state index in [1.807, 2.05) is 0 Å². The number of nitrogens with zero attached hydrogens (tertiary/aromatic N) is 1. The van der Waals surface area contributed by atoms with E-state index in [0.29, 0.717) is 0 Å². The van der Waals surface area contributed by atoms with Crippen LogP contribution in [0.1, 0.15) is 0 Å². The summed E-state index contributed by atoms with van der Waals surface area (Å²) in [5.41, 5.74) is 0. The molecule has 0 aromatic carbocycles. The Hall–Kier alpha value is 1.64. The Kier molecular flexibility index (Phi) is 38.2. The van der Waals surface area contributed by atoms with Crippen LogP contribution < -0.4 is 62.3 Å². The molecule has 0 fully saturated rings. The molecule has 0 aromatic rings. The normalized spacial score (nSPS) is 4.90. The van der Waals surface area contributed by atoms with Gasteiger partial charge in [0, 0.05) is 0 Å². The fraction of sp³-hybridized carbons (Fsp3) is 0. The van der Waals surface area contributed by atoms with Gasteiger partial charge in [0.1, 0.15) is 0 Å². The van der Waals surface area contributed by atoms with Gasteiger partial charge >= 0.3 is 90.1 Å². The Bertz CT molecular complexity index is 118. The van der Waals surface area contributed by atoms with E-state index in [1.165, 1.54) is 0 Å². The summed E-state index contributed by atoms with van der Waals surface area (Å²) in [5.74, 6) is 0. The molecule has 7 nitrogen and oxygen atoms in total. The van der Waals surface area contributed by atoms with Gasteiger partial charge in [0.15, 0.2) is 0 Å². The van der Waals surface area contributed by atoms with Crippen molar-refractivity contribution in [3.8, 4) is 0 Å². The molecular formula is BiNNa2O6. The molecule has 0 amide bonds. The molecule has 0 atom stereocenters. The van der Waals surface area contributed by atoms with Gasteiger partial charge in [-0.2, -0.15) is 0 Å². The first-order chi connectivity index (χ1) is 3.46. The van der Waals surface area contributed by atoms with Crippen molar-refractivity contribution < 1.29 is 73.0 Å². The Morgan fingerprint density at radius 2 is 1.10 bits per heavy atom. The van der Waals surface area contributed by atoms with E-state index in [2.05, 4.69) is 0 Å². The second-order valence-electron chi connectivity index (χ2n) is 0.447. The molecule has 0 aliphatic rings. The molecule has 0 unspecified atom stereocenters. The van der Waals surface area contributed by atoms with Crippen LogP contribution in [-0.2, 0) is 5.63 Å². The molecule has 0 saturated carbocycles. The summed E-state index contributed by atoms with van der Waals surface area (Å²) in [6.07, 6.45) is 0. The van der Waals surface area contributed by atoms with Crippen molar-refractivity contribution in [1.82, 2.24) is 0 Å². The third kappa shape index (κ3) is 267. The van der Waals surface area contributed by atoms with E-state index in [0.717, 1.165) is 0 Å². The Balaban J connectivity index is -0.0000000300. The Labute approximate surface area is 109 Å². The van der Waals surface area contributed by atoms with E-state index >= 15 is 0 Å². The Morgan fingerprint density at radius 3 is 1.10 bits per heavy atom. The molecular weight excluding hydrogens is 365 g/mol. The van der Waals surface area contributed by atoms with E-state index in [-0.39, 0.29) is 59.1 Å². The third-order valence-electron chi connectivity index (χ3n) is 0. The van der Waals surface area contributed by atoms with E-state index in [4.69, 9.17) is 24.1 Å². The third-order valence-corrected chi connectivity index (χ3v) is 0. The van der Waals surface area contributed by atoms with E-state index < -0.39 is 27.3 Å². The van der Waals surface area contributed by atoms with Crippen LogP contribution in [0.4, 0.5) is 0 Å². The minimum absolute atomic E-state index is 0. The quantitative estimate of drug-likeness (QED) is 0.239. The van der Waals surface area contributed by atoms with Crippen LogP contribution >= 0.6 is 0 Å². The zero-order valence-corrected chi connectivity index (χ0v) is 12.8. The van der Waals surface area contributed by atoms with E-state index in [9.17, 15) is 0 Å². The molecule has 0 aliphatic heterocycles. The SMILES string of the molecule is O=[N+]([O-])[O-].[Na+].[Na+].[O]=[Bi](=[O])[O-]. The van der Waals surface area contributed by atoms with Crippen molar-refractivity contribution in [2.45, 2.75) is 0 Å². The molecule has 0 radical (unpaired) electrons. The molecule has 0 saturated heterocycles. The summed E-state index contributed by atoms with van der Waals surface area (Å²) < 4.78 is 25.9. The van der Waals surface area contributed by atoms with Gasteiger partial charge in [-0.3, -0.25) is 0 Å². The average Bonchev–Trinajstić information content (AvgIpc) is 1.25. The van der Waals surface area contributed by atoms with Crippen LogP contribution in [0.2, 0.25) is 0 Å². The number of hydrogen-bond donors (Lipinski definition) is 0. The van der Waals surface area contributed by atoms with Crippen molar-refractivity contribution in [3.05, 3.63) is 15.3 Å². The van der Waals surface area contributed by atoms with Crippen molar-refractivity contribution in [2.24, 2.45) is 0 Å². The molecule has 0 N–H and O–H groups in total. The van der Waals surface area contributed by atoms with Crippen molar-refractivity contribution in [3.63, 3.8) is 0 Å². The standard InChI is InChI=1S/Bi.NO3.2Na.3O/c;2-1(3)4;;;;;/q;-1;2*+1;;;-1. The van der Waals surface area contributed by atoms with Crippen molar-refractivity contribution >= 4 is 22.2 Å². The number of hydrogen-bond acceptors (Lipinski definition) is 6. The topological polar surface area (TPSA) is 123 Å².